The van der Waals surface area contributed by atoms with Crippen LogP contribution in [0.3, 0.4) is 0 Å². The molecule has 1 heterocycles. The molecular weight excluding hydrogens is 140 g/mol. The largest absolute Gasteiger partial charge is 0.398 e. The number of nitrogens with two attached hydrogens (primary N) is 1. The molecule has 48 valence electrons. The molecule has 9 heavy (non-hydrogen) atoms. The first-order chi connectivity index (χ1) is 4.20. The second-order valence-corrected chi connectivity index (χ2v) is 2.02. The fourth-order valence-electron chi connectivity index (χ4n) is 0.471. The summed E-state index contributed by atoms with van der Waals surface area (Å²) in [4.78, 5) is 12.9. The Hall–Kier alpha value is -0.960. The van der Waals surface area contributed by atoms with Gasteiger partial charge in [0, 0.05) is 11.9 Å². The van der Waals surface area contributed by atoms with Gasteiger partial charge in [-0.05, 0) is 6.07 Å². The highest BCUT2D eigenvalue weighted by molar-refractivity contribution is 6.30. The van der Waals surface area contributed by atoms with Crippen LogP contribution in [0, 0.1) is 0 Å². The molecule has 1 rings (SSSR count). The Bertz CT molecular complexity index is 268. The summed E-state index contributed by atoms with van der Waals surface area (Å²) < 4.78 is 0. The number of nitrogens with one attached hydrogen (secondary N) is 1. The number of aromatic amines is 1. The molecule has 0 radical (unpaired) electrons. The van der Waals surface area contributed by atoms with Crippen molar-refractivity contribution < 1.29 is 0 Å². The molecule has 0 bridgehead atoms. The monoisotopic (exact) mass is 144 g/mol. The van der Waals surface area contributed by atoms with Crippen molar-refractivity contribution in [2.45, 2.75) is 0 Å². The zero-order valence-corrected chi connectivity index (χ0v) is 5.27. The van der Waals surface area contributed by atoms with E-state index in [1.165, 1.54) is 12.3 Å². The summed E-state index contributed by atoms with van der Waals surface area (Å²) in [5.41, 5.74) is 5.42. The summed E-state index contributed by atoms with van der Waals surface area (Å²) in [7, 11) is 0. The number of halogens is 1. The standard InChI is InChI=1S/C5H5ClN2O/c6-4-1-3(7)2-8-5(4)9/h1-2H,7H2,(H,8,9). The summed E-state index contributed by atoms with van der Waals surface area (Å²) in [5.74, 6) is 0. The van der Waals surface area contributed by atoms with Gasteiger partial charge in [0.1, 0.15) is 5.02 Å². The lowest BCUT2D eigenvalue weighted by Gasteiger charge is -1.89. The first kappa shape index (κ1) is 6.16. The van der Waals surface area contributed by atoms with E-state index in [1.54, 1.807) is 0 Å². The van der Waals surface area contributed by atoms with E-state index >= 15 is 0 Å². The molecule has 0 unspecified atom stereocenters. The Kier molecular flexibility index (Phi) is 1.44. The second kappa shape index (κ2) is 2.11. The van der Waals surface area contributed by atoms with Gasteiger partial charge in [-0.3, -0.25) is 4.79 Å². The number of hydrogen-bond donors (Lipinski definition) is 2. The van der Waals surface area contributed by atoms with Crippen LogP contribution in [0.2, 0.25) is 5.02 Å². The number of anilines is 1. The second-order valence-electron chi connectivity index (χ2n) is 1.61. The maximum atomic E-state index is 10.5. The summed E-state index contributed by atoms with van der Waals surface area (Å²) in [6, 6.07) is 1.40. The molecule has 0 aliphatic heterocycles. The average molecular weight is 145 g/mol. The van der Waals surface area contributed by atoms with Crippen LogP contribution in [-0.4, -0.2) is 4.98 Å². The molecule has 0 aliphatic rings. The molecule has 1 aromatic heterocycles. The molecule has 0 aliphatic carbocycles. The maximum absolute atomic E-state index is 10.5. The van der Waals surface area contributed by atoms with E-state index in [0.717, 1.165) is 0 Å². The lowest BCUT2D eigenvalue weighted by Crippen LogP contribution is -2.05. The van der Waals surface area contributed by atoms with Crippen LogP contribution in [-0.2, 0) is 0 Å². The number of rotatable bonds is 0. The average Bonchev–Trinajstić information content (AvgIpc) is 1.80. The number of hydrogen-bond acceptors (Lipinski definition) is 2. The van der Waals surface area contributed by atoms with E-state index < -0.39 is 0 Å². The van der Waals surface area contributed by atoms with E-state index in [4.69, 9.17) is 17.3 Å². The summed E-state index contributed by atoms with van der Waals surface area (Å²) >= 11 is 5.39. The van der Waals surface area contributed by atoms with Crippen molar-refractivity contribution in [3.63, 3.8) is 0 Å². The van der Waals surface area contributed by atoms with E-state index in [0.29, 0.717) is 5.69 Å². The Morgan fingerprint density at radius 3 is 2.78 bits per heavy atom. The van der Waals surface area contributed by atoms with Crippen molar-refractivity contribution in [3.8, 4) is 0 Å². The van der Waals surface area contributed by atoms with Crippen LogP contribution in [0.4, 0.5) is 5.69 Å². The van der Waals surface area contributed by atoms with Gasteiger partial charge in [0.25, 0.3) is 5.56 Å². The smallest absolute Gasteiger partial charge is 0.266 e. The third-order valence-corrected chi connectivity index (χ3v) is 1.16. The lowest BCUT2D eigenvalue weighted by molar-refractivity contribution is 1.24. The number of nitrogen functional groups attached to an aromatic ring is 1. The Labute approximate surface area is 56.5 Å². The van der Waals surface area contributed by atoms with E-state index in [9.17, 15) is 4.79 Å². The molecule has 0 aromatic carbocycles. The van der Waals surface area contributed by atoms with Gasteiger partial charge in [-0.2, -0.15) is 0 Å². The normalized spacial score (nSPS) is 9.44. The van der Waals surface area contributed by atoms with Crippen molar-refractivity contribution in [1.82, 2.24) is 4.98 Å². The number of aromatic nitrogens is 1. The van der Waals surface area contributed by atoms with E-state index in [-0.39, 0.29) is 10.6 Å². The van der Waals surface area contributed by atoms with E-state index in [2.05, 4.69) is 4.98 Å². The molecule has 0 saturated carbocycles. The quantitative estimate of drug-likeness (QED) is 0.561. The zero-order chi connectivity index (χ0) is 6.85. The molecule has 0 spiro atoms. The SMILES string of the molecule is Nc1c[nH]c(=O)c(Cl)c1. The van der Waals surface area contributed by atoms with Crippen LogP contribution in [0.1, 0.15) is 0 Å². The molecule has 3 nitrogen and oxygen atoms in total. The first-order valence-electron chi connectivity index (χ1n) is 2.34. The van der Waals surface area contributed by atoms with Gasteiger partial charge in [0.15, 0.2) is 0 Å². The Balaban J connectivity index is 3.34. The van der Waals surface area contributed by atoms with Crippen molar-refractivity contribution in [2.75, 3.05) is 5.73 Å². The molecule has 4 heteroatoms. The van der Waals surface area contributed by atoms with Gasteiger partial charge in [0.05, 0.1) is 0 Å². The predicted octanol–water partition coefficient (Wildman–Crippen LogP) is 0.611. The highest BCUT2D eigenvalue weighted by Crippen LogP contribution is 2.03. The van der Waals surface area contributed by atoms with Gasteiger partial charge in [-0.25, -0.2) is 0 Å². The maximum Gasteiger partial charge on any atom is 0.266 e. The molecular formula is C5H5ClN2O. The summed E-state index contributed by atoms with van der Waals surface area (Å²) in [6.07, 6.45) is 1.40. The van der Waals surface area contributed by atoms with Crippen LogP contribution in [0.5, 0.6) is 0 Å². The third-order valence-electron chi connectivity index (χ3n) is 0.880. The van der Waals surface area contributed by atoms with Gasteiger partial charge in [-0.15, -0.1) is 0 Å². The molecule has 0 amide bonds. The fraction of sp³-hybridized carbons (Fsp3) is 0. The van der Waals surface area contributed by atoms with Gasteiger partial charge < -0.3 is 10.7 Å². The van der Waals surface area contributed by atoms with Crippen molar-refractivity contribution >= 4 is 17.3 Å². The topological polar surface area (TPSA) is 58.9 Å². The van der Waals surface area contributed by atoms with Gasteiger partial charge >= 0.3 is 0 Å². The zero-order valence-electron chi connectivity index (χ0n) is 4.52. The molecule has 0 fully saturated rings. The Morgan fingerprint density at radius 1 is 1.67 bits per heavy atom. The van der Waals surface area contributed by atoms with Crippen LogP contribution in [0.15, 0.2) is 17.1 Å². The molecule has 0 atom stereocenters. The molecule has 3 N–H and O–H groups in total. The van der Waals surface area contributed by atoms with Gasteiger partial charge in [-0.1, -0.05) is 11.6 Å². The molecule has 1 aromatic rings. The van der Waals surface area contributed by atoms with Crippen molar-refractivity contribution in [1.29, 1.82) is 0 Å². The van der Waals surface area contributed by atoms with Crippen LogP contribution < -0.4 is 11.3 Å². The summed E-state index contributed by atoms with van der Waals surface area (Å²) in [5, 5.41) is 0.120. The third kappa shape index (κ3) is 1.23. The number of pyridine rings is 1. The highest BCUT2D eigenvalue weighted by Gasteiger charge is 1.92. The first-order valence-corrected chi connectivity index (χ1v) is 2.71. The highest BCUT2D eigenvalue weighted by atomic mass is 35.5. The predicted molar refractivity (Wildman–Crippen MR) is 36.5 cm³/mol. The van der Waals surface area contributed by atoms with E-state index in [1.807, 2.05) is 0 Å². The lowest BCUT2D eigenvalue weighted by atomic mass is 10.4. The van der Waals surface area contributed by atoms with Crippen molar-refractivity contribution in [3.05, 3.63) is 27.6 Å². The minimum atomic E-state index is -0.314. The minimum Gasteiger partial charge on any atom is -0.398 e. The van der Waals surface area contributed by atoms with Crippen molar-refractivity contribution in [2.24, 2.45) is 0 Å². The molecule has 0 saturated heterocycles. The minimum absolute atomic E-state index is 0.120. The number of H-pyrrole nitrogens is 1. The Morgan fingerprint density at radius 2 is 2.33 bits per heavy atom. The summed E-state index contributed by atoms with van der Waals surface area (Å²) in [6.45, 7) is 0. The fourth-order valence-corrected chi connectivity index (χ4v) is 0.652. The van der Waals surface area contributed by atoms with Crippen LogP contribution >= 0.6 is 11.6 Å². The van der Waals surface area contributed by atoms with Crippen LogP contribution in [0.25, 0.3) is 0 Å². The van der Waals surface area contributed by atoms with Gasteiger partial charge in [0.2, 0.25) is 0 Å².